The van der Waals surface area contributed by atoms with Gasteiger partial charge in [-0.05, 0) is 126 Å². The number of hydrogen-bond acceptors (Lipinski definition) is 2. The molecule has 0 nitrogen and oxygen atoms in total. The molecule has 2 heteroatoms. The highest BCUT2D eigenvalue weighted by Crippen LogP contribution is 2.38. The van der Waals surface area contributed by atoms with Gasteiger partial charge in [-0.2, -0.15) is 0 Å². The van der Waals surface area contributed by atoms with Crippen LogP contribution < -0.4 is 0 Å². The van der Waals surface area contributed by atoms with Gasteiger partial charge in [0.1, 0.15) is 0 Å². The molecule has 0 N–H and O–H groups in total. The third kappa shape index (κ3) is 6.41. The zero-order valence-electron chi connectivity index (χ0n) is 28.1. The molecule has 8 aromatic rings. The summed E-state index contributed by atoms with van der Waals surface area (Å²) in [6, 6.07) is 61.9. The molecule has 0 amide bonds. The zero-order chi connectivity index (χ0) is 33.9. The SMILES string of the molecule is CSc1cc2ccc(-c3ccccc3-c3ccccc3)cc2cc1/C=C/c1cc2cc(-c3ccccc3-c3ccccc3)ccc2cc1SC. The van der Waals surface area contributed by atoms with Crippen LogP contribution in [0.2, 0.25) is 0 Å². The molecule has 0 atom stereocenters. The highest BCUT2D eigenvalue weighted by atomic mass is 32.2. The molecular formula is C48H36S2. The van der Waals surface area contributed by atoms with Crippen LogP contribution in [0.3, 0.4) is 0 Å². The first kappa shape index (κ1) is 32.0. The first-order valence-electron chi connectivity index (χ1n) is 16.9. The number of benzene rings is 8. The maximum absolute atomic E-state index is 2.35. The minimum atomic E-state index is 1.23. The van der Waals surface area contributed by atoms with Crippen LogP contribution in [0.4, 0.5) is 0 Å². The highest BCUT2D eigenvalue weighted by molar-refractivity contribution is 7.99. The van der Waals surface area contributed by atoms with E-state index < -0.39 is 0 Å². The molecule has 0 fully saturated rings. The lowest BCUT2D eigenvalue weighted by Crippen LogP contribution is -1.88. The Morgan fingerprint density at radius 3 is 1.06 bits per heavy atom. The predicted octanol–water partition coefficient (Wildman–Crippen LogP) is 14.3. The van der Waals surface area contributed by atoms with Crippen LogP contribution in [0, 0.1) is 0 Å². The molecule has 0 bridgehead atoms. The third-order valence-electron chi connectivity index (χ3n) is 9.47. The van der Waals surface area contributed by atoms with Crippen molar-refractivity contribution in [1.82, 2.24) is 0 Å². The largest absolute Gasteiger partial charge is 0.129 e. The van der Waals surface area contributed by atoms with Gasteiger partial charge in [-0.3, -0.25) is 0 Å². The fraction of sp³-hybridized carbons (Fsp3) is 0.0417. The maximum atomic E-state index is 2.35. The molecule has 0 aliphatic rings. The van der Waals surface area contributed by atoms with E-state index in [1.165, 1.54) is 87.0 Å². The smallest absolute Gasteiger partial charge is 0.0148 e. The van der Waals surface area contributed by atoms with Gasteiger partial charge in [0, 0.05) is 9.79 Å². The van der Waals surface area contributed by atoms with Gasteiger partial charge in [-0.1, -0.05) is 146 Å². The quantitative estimate of drug-likeness (QED) is 0.116. The zero-order valence-corrected chi connectivity index (χ0v) is 29.8. The minimum Gasteiger partial charge on any atom is -0.129 e. The summed E-state index contributed by atoms with van der Waals surface area (Å²) in [5.74, 6) is 0. The fourth-order valence-corrected chi connectivity index (χ4v) is 8.14. The maximum Gasteiger partial charge on any atom is 0.0148 e. The molecule has 240 valence electrons. The van der Waals surface area contributed by atoms with Crippen LogP contribution in [0.25, 0.3) is 78.2 Å². The summed E-state index contributed by atoms with van der Waals surface area (Å²) in [6.07, 6.45) is 8.93. The lowest BCUT2D eigenvalue weighted by molar-refractivity contribution is 1.45. The lowest BCUT2D eigenvalue weighted by Gasteiger charge is -2.13. The molecule has 50 heavy (non-hydrogen) atoms. The Labute approximate surface area is 303 Å². The van der Waals surface area contributed by atoms with Crippen LogP contribution in [0.1, 0.15) is 11.1 Å². The molecule has 0 heterocycles. The Morgan fingerprint density at radius 1 is 0.320 bits per heavy atom. The summed E-state index contributed by atoms with van der Waals surface area (Å²) < 4.78 is 0. The molecule has 0 radical (unpaired) electrons. The molecule has 0 aliphatic carbocycles. The summed E-state index contributed by atoms with van der Waals surface area (Å²) in [6.45, 7) is 0. The van der Waals surface area contributed by atoms with Crippen LogP contribution in [0.15, 0.2) is 180 Å². The van der Waals surface area contributed by atoms with Gasteiger partial charge in [0.2, 0.25) is 0 Å². The van der Waals surface area contributed by atoms with E-state index in [-0.39, 0.29) is 0 Å². The van der Waals surface area contributed by atoms with Gasteiger partial charge in [0.15, 0.2) is 0 Å². The Balaban J connectivity index is 1.18. The van der Waals surface area contributed by atoms with Gasteiger partial charge in [-0.25, -0.2) is 0 Å². The van der Waals surface area contributed by atoms with E-state index in [1.54, 1.807) is 23.5 Å². The van der Waals surface area contributed by atoms with Gasteiger partial charge >= 0.3 is 0 Å². The topological polar surface area (TPSA) is 0 Å². The molecule has 8 aromatic carbocycles. The van der Waals surface area contributed by atoms with E-state index in [0.717, 1.165) is 0 Å². The Hall–Kier alpha value is -5.28. The number of thioether (sulfide) groups is 2. The summed E-state index contributed by atoms with van der Waals surface area (Å²) >= 11 is 3.60. The van der Waals surface area contributed by atoms with E-state index >= 15 is 0 Å². The average molecular weight is 677 g/mol. The third-order valence-corrected chi connectivity index (χ3v) is 11.1. The monoisotopic (exact) mass is 676 g/mol. The standard InChI is InChI=1S/C48H36S2/c1-49-47-31-35-21-23-37(45-19-11-9-17-43(45)33-13-5-3-6-14-33)27-41(35)29-39(47)25-26-40-30-42-28-38(24-22-36(42)32-48(40)50-2)46-20-12-10-18-44(46)34-15-7-4-8-16-34/h3-32H,1-2H3/b26-25+. The van der Waals surface area contributed by atoms with Crippen molar-refractivity contribution in [3.8, 4) is 44.5 Å². The molecule has 0 unspecified atom stereocenters. The van der Waals surface area contributed by atoms with Crippen LogP contribution in [0.5, 0.6) is 0 Å². The molecule has 0 spiro atoms. The Kier molecular flexibility index (Phi) is 9.13. The Morgan fingerprint density at radius 2 is 0.680 bits per heavy atom. The van der Waals surface area contributed by atoms with Crippen molar-refractivity contribution in [1.29, 1.82) is 0 Å². The van der Waals surface area contributed by atoms with Gasteiger partial charge in [0.05, 0.1) is 0 Å². The van der Waals surface area contributed by atoms with Crippen molar-refractivity contribution in [3.63, 3.8) is 0 Å². The van der Waals surface area contributed by atoms with Crippen molar-refractivity contribution >= 4 is 57.2 Å². The van der Waals surface area contributed by atoms with Gasteiger partial charge in [0.25, 0.3) is 0 Å². The first-order valence-corrected chi connectivity index (χ1v) is 19.3. The molecule has 0 saturated carbocycles. The minimum absolute atomic E-state index is 1.23. The average Bonchev–Trinajstić information content (AvgIpc) is 3.19. The normalized spacial score (nSPS) is 11.5. The lowest BCUT2D eigenvalue weighted by atomic mass is 9.92. The molecule has 0 saturated heterocycles. The van der Waals surface area contributed by atoms with E-state index in [1.807, 2.05) is 0 Å². The van der Waals surface area contributed by atoms with Crippen LogP contribution in [-0.4, -0.2) is 12.5 Å². The summed E-state index contributed by atoms with van der Waals surface area (Å²) in [5.41, 5.74) is 12.4. The van der Waals surface area contributed by atoms with E-state index in [4.69, 9.17) is 0 Å². The van der Waals surface area contributed by atoms with Crippen LogP contribution in [-0.2, 0) is 0 Å². The molecule has 0 aliphatic heterocycles. The van der Waals surface area contributed by atoms with Crippen molar-refractivity contribution in [3.05, 3.63) is 181 Å². The van der Waals surface area contributed by atoms with Crippen molar-refractivity contribution in [2.45, 2.75) is 9.79 Å². The summed E-state index contributed by atoms with van der Waals surface area (Å²) in [7, 11) is 0. The molecule has 8 rings (SSSR count). The van der Waals surface area contributed by atoms with Gasteiger partial charge in [-0.15, -0.1) is 23.5 Å². The van der Waals surface area contributed by atoms with Gasteiger partial charge < -0.3 is 0 Å². The van der Waals surface area contributed by atoms with Crippen molar-refractivity contribution in [2.24, 2.45) is 0 Å². The second kappa shape index (κ2) is 14.3. The predicted molar refractivity (Wildman–Crippen MR) is 222 cm³/mol. The molecular weight excluding hydrogens is 641 g/mol. The Bertz CT molecular complexity index is 2320. The first-order chi connectivity index (χ1) is 24.7. The second-order valence-corrected chi connectivity index (χ2v) is 14.2. The second-order valence-electron chi connectivity index (χ2n) is 12.5. The summed E-state index contributed by atoms with van der Waals surface area (Å²) in [5, 5.41) is 5.00. The summed E-state index contributed by atoms with van der Waals surface area (Å²) in [4.78, 5) is 2.55. The van der Waals surface area contributed by atoms with E-state index in [0.29, 0.717) is 0 Å². The molecule has 0 aromatic heterocycles. The van der Waals surface area contributed by atoms with Crippen molar-refractivity contribution < 1.29 is 0 Å². The number of hydrogen-bond donors (Lipinski definition) is 0. The number of rotatable bonds is 8. The van der Waals surface area contributed by atoms with E-state index in [2.05, 4.69) is 195 Å². The van der Waals surface area contributed by atoms with Crippen LogP contribution >= 0.6 is 23.5 Å². The van der Waals surface area contributed by atoms with Crippen molar-refractivity contribution in [2.75, 3.05) is 12.5 Å². The highest BCUT2D eigenvalue weighted by Gasteiger charge is 2.11. The van der Waals surface area contributed by atoms with E-state index in [9.17, 15) is 0 Å². The fourth-order valence-electron chi connectivity index (χ4n) is 6.93. The number of fused-ring (bicyclic) bond motifs is 2.